The van der Waals surface area contributed by atoms with E-state index < -0.39 is 11.9 Å². The third-order valence-corrected chi connectivity index (χ3v) is 2.39. The maximum absolute atomic E-state index is 13.3. The number of benzene rings is 1. The number of carbonyl (C=O) groups excluding carboxylic acids is 1. The number of hydrogen-bond donors (Lipinski definition) is 1. The lowest BCUT2D eigenvalue weighted by atomic mass is 10.2. The number of rotatable bonds is 0. The van der Waals surface area contributed by atoms with Gasteiger partial charge in [0.1, 0.15) is 0 Å². The molecule has 1 heterocycles. The van der Waals surface area contributed by atoms with Gasteiger partial charge in [0, 0.05) is 4.47 Å². The summed E-state index contributed by atoms with van der Waals surface area (Å²) in [7, 11) is 0. The number of hydrogen-bond acceptors (Lipinski definition) is 2. The van der Waals surface area contributed by atoms with Gasteiger partial charge in [-0.05, 0) is 19.1 Å². The highest BCUT2D eigenvalue weighted by Crippen LogP contribution is 2.35. The summed E-state index contributed by atoms with van der Waals surface area (Å²) in [5.41, 5.74) is 0.361. The van der Waals surface area contributed by atoms with Crippen molar-refractivity contribution in [2.45, 2.75) is 13.0 Å². The minimum atomic E-state index is -0.654. The zero-order valence-corrected chi connectivity index (χ0v) is 8.89. The number of carbonyl (C=O) groups is 1. The number of anilines is 1. The molecule has 1 amide bonds. The first kappa shape index (κ1) is 9.45. The van der Waals surface area contributed by atoms with Crippen molar-refractivity contribution in [1.29, 1.82) is 0 Å². The van der Waals surface area contributed by atoms with Gasteiger partial charge in [0.2, 0.25) is 0 Å². The fourth-order valence-corrected chi connectivity index (χ4v) is 1.67. The van der Waals surface area contributed by atoms with Crippen molar-refractivity contribution in [1.82, 2.24) is 0 Å². The molecule has 2 rings (SSSR count). The van der Waals surface area contributed by atoms with Crippen molar-refractivity contribution in [2.24, 2.45) is 0 Å². The van der Waals surface area contributed by atoms with Crippen LogP contribution in [0.5, 0.6) is 5.75 Å². The fraction of sp³-hybridized carbons (Fsp3) is 0.222. The highest BCUT2D eigenvalue weighted by molar-refractivity contribution is 9.10. The van der Waals surface area contributed by atoms with Gasteiger partial charge in [0.05, 0.1) is 5.69 Å². The van der Waals surface area contributed by atoms with Crippen LogP contribution in [0.1, 0.15) is 6.92 Å². The fourth-order valence-electron chi connectivity index (χ4n) is 1.24. The summed E-state index contributed by atoms with van der Waals surface area (Å²) < 4.78 is 19.0. The topological polar surface area (TPSA) is 38.3 Å². The van der Waals surface area contributed by atoms with E-state index in [1.54, 1.807) is 13.0 Å². The molecule has 74 valence electrons. The molecule has 0 saturated heterocycles. The maximum atomic E-state index is 13.3. The molecule has 5 heteroatoms. The second kappa shape index (κ2) is 3.24. The van der Waals surface area contributed by atoms with E-state index in [4.69, 9.17) is 4.74 Å². The Bertz CT molecular complexity index is 408. The monoisotopic (exact) mass is 259 g/mol. The maximum Gasteiger partial charge on any atom is 0.265 e. The van der Waals surface area contributed by atoms with E-state index in [1.807, 2.05) is 0 Å². The quantitative estimate of drug-likeness (QED) is 0.777. The van der Waals surface area contributed by atoms with Gasteiger partial charge in [-0.3, -0.25) is 4.79 Å². The smallest absolute Gasteiger partial charge is 0.265 e. The van der Waals surface area contributed by atoms with Gasteiger partial charge < -0.3 is 10.1 Å². The molecule has 0 fully saturated rings. The van der Waals surface area contributed by atoms with E-state index in [1.165, 1.54) is 6.07 Å². The molecule has 1 aromatic rings. The number of ether oxygens (including phenoxy) is 1. The SMILES string of the molecule is C[C@H]1Oc2c(F)cc(Br)cc2NC1=O. The average molecular weight is 260 g/mol. The van der Waals surface area contributed by atoms with Gasteiger partial charge in [0.15, 0.2) is 17.7 Å². The molecule has 1 N–H and O–H groups in total. The van der Waals surface area contributed by atoms with Crippen LogP contribution in [0.2, 0.25) is 0 Å². The van der Waals surface area contributed by atoms with Crippen LogP contribution < -0.4 is 10.1 Å². The lowest BCUT2D eigenvalue weighted by molar-refractivity contribution is -0.122. The zero-order chi connectivity index (χ0) is 10.3. The van der Waals surface area contributed by atoms with Crippen LogP contribution in [-0.2, 0) is 4.79 Å². The average Bonchev–Trinajstić information content (AvgIpc) is 2.08. The molecule has 0 saturated carbocycles. The van der Waals surface area contributed by atoms with Crippen molar-refractivity contribution in [3.05, 3.63) is 22.4 Å². The molecule has 14 heavy (non-hydrogen) atoms. The van der Waals surface area contributed by atoms with Crippen LogP contribution in [0.15, 0.2) is 16.6 Å². The number of nitrogens with one attached hydrogen (secondary N) is 1. The molecule has 0 aliphatic carbocycles. The zero-order valence-electron chi connectivity index (χ0n) is 7.30. The van der Waals surface area contributed by atoms with Gasteiger partial charge in [-0.2, -0.15) is 0 Å². The molecule has 1 aliphatic heterocycles. The van der Waals surface area contributed by atoms with E-state index in [-0.39, 0.29) is 11.7 Å². The van der Waals surface area contributed by atoms with Crippen molar-refractivity contribution < 1.29 is 13.9 Å². The molecule has 1 atom stereocenters. The highest BCUT2D eigenvalue weighted by Gasteiger charge is 2.26. The molecule has 0 aromatic heterocycles. The van der Waals surface area contributed by atoms with Crippen molar-refractivity contribution >= 4 is 27.5 Å². The molecule has 0 bridgehead atoms. The first-order valence-electron chi connectivity index (χ1n) is 4.04. The van der Waals surface area contributed by atoms with Crippen LogP contribution in [0.25, 0.3) is 0 Å². The largest absolute Gasteiger partial charge is 0.476 e. The minimum Gasteiger partial charge on any atom is -0.476 e. The van der Waals surface area contributed by atoms with E-state index in [9.17, 15) is 9.18 Å². The molecular weight excluding hydrogens is 253 g/mol. The Kier molecular flexibility index (Phi) is 2.19. The molecule has 0 unspecified atom stereocenters. The van der Waals surface area contributed by atoms with Crippen molar-refractivity contribution in [3.8, 4) is 5.75 Å². The van der Waals surface area contributed by atoms with Gasteiger partial charge in [-0.1, -0.05) is 15.9 Å². The Balaban J connectivity index is 2.51. The Hall–Kier alpha value is -1.10. The van der Waals surface area contributed by atoms with Gasteiger partial charge in [-0.25, -0.2) is 4.39 Å². The molecule has 0 radical (unpaired) electrons. The lowest BCUT2D eigenvalue weighted by Crippen LogP contribution is -2.34. The lowest BCUT2D eigenvalue weighted by Gasteiger charge is -2.23. The normalized spacial score (nSPS) is 19.6. The van der Waals surface area contributed by atoms with Gasteiger partial charge in [0.25, 0.3) is 5.91 Å². The number of fused-ring (bicyclic) bond motifs is 1. The highest BCUT2D eigenvalue weighted by atomic mass is 79.9. The van der Waals surface area contributed by atoms with Crippen LogP contribution >= 0.6 is 15.9 Å². The summed E-state index contributed by atoms with van der Waals surface area (Å²) in [5.74, 6) is -0.656. The first-order valence-corrected chi connectivity index (χ1v) is 4.84. The molecular formula is C9H7BrFNO2. The summed E-state index contributed by atoms with van der Waals surface area (Å²) in [4.78, 5) is 11.2. The number of amides is 1. The summed E-state index contributed by atoms with van der Waals surface area (Å²) in [6, 6.07) is 2.89. The van der Waals surface area contributed by atoms with E-state index in [0.717, 1.165) is 0 Å². The van der Waals surface area contributed by atoms with Crippen molar-refractivity contribution in [3.63, 3.8) is 0 Å². The molecule has 3 nitrogen and oxygen atoms in total. The second-order valence-corrected chi connectivity index (χ2v) is 3.93. The van der Waals surface area contributed by atoms with E-state index in [0.29, 0.717) is 10.2 Å². The standard InChI is InChI=1S/C9H7BrFNO2/c1-4-9(13)12-7-3-5(10)2-6(11)8(7)14-4/h2-4H,1H3,(H,12,13)/t4-/m1/s1. The van der Waals surface area contributed by atoms with Crippen LogP contribution in [0.3, 0.4) is 0 Å². The van der Waals surface area contributed by atoms with Crippen molar-refractivity contribution in [2.75, 3.05) is 5.32 Å². The van der Waals surface area contributed by atoms with Crippen LogP contribution in [0, 0.1) is 5.82 Å². The molecule has 1 aliphatic rings. The van der Waals surface area contributed by atoms with Crippen LogP contribution in [-0.4, -0.2) is 12.0 Å². The van der Waals surface area contributed by atoms with Crippen LogP contribution in [0.4, 0.5) is 10.1 Å². The summed E-state index contributed by atoms with van der Waals surface area (Å²) >= 11 is 3.13. The predicted molar refractivity (Wildman–Crippen MR) is 52.8 cm³/mol. The second-order valence-electron chi connectivity index (χ2n) is 3.01. The van der Waals surface area contributed by atoms with Gasteiger partial charge >= 0.3 is 0 Å². The Labute approximate surface area is 88.4 Å². The third kappa shape index (κ3) is 1.48. The van der Waals surface area contributed by atoms with E-state index >= 15 is 0 Å². The predicted octanol–water partition coefficient (Wildman–Crippen LogP) is 2.31. The Morgan fingerprint density at radius 3 is 3.00 bits per heavy atom. The minimum absolute atomic E-state index is 0.0975. The molecule has 0 spiro atoms. The first-order chi connectivity index (χ1) is 6.58. The number of halogens is 2. The van der Waals surface area contributed by atoms with Gasteiger partial charge in [-0.15, -0.1) is 0 Å². The summed E-state index contributed by atoms with van der Waals surface area (Å²) in [5, 5.41) is 2.56. The summed E-state index contributed by atoms with van der Waals surface area (Å²) in [6.07, 6.45) is -0.654. The van der Waals surface area contributed by atoms with E-state index in [2.05, 4.69) is 21.2 Å². The molecule has 1 aromatic carbocycles. The Morgan fingerprint density at radius 2 is 2.29 bits per heavy atom. The summed E-state index contributed by atoms with van der Waals surface area (Å²) in [6.45, 7) is 1.57. The third-order valence-electron chi connectivity index (χ3n) is 1.93. The Morgan fingerprint density at radius 1 is 1.57 bits per heavy atom.